The van der Waals surface area contributed by atoms with E-state index in [4.69, 9.17) is 9.47 Å². The van der Waals surface area contributed by atoms with Gasteiger partial charge in [0.15, 0.2) is 5.82 Å². The van der Waals surface area contributed by atoms with Crippen LogP contribution in [0.2, 0.25) is 0 Å². The zero-order valence-electron chi connectivity index (χ0n) is 35.4. The molecule has 15 heteroatoms. The third kappa shape index (κ3) is 7.95. The minimum absolute atomic E-state index is 0.00429. The summed E-state index contributed by atoms with van der Waals surface area (Å²) in [6.07, 6.45) is 10.5. The summed E-state index contributed by atoms with van der Waals surface area (Å²) >= 11 is 0. The normalized spacial score (nSPS) is 24.7. The fourth-order valence-electron chi connectivity index (χ4n) is 10.3. The highest BCUT2D eigenvalue weighted by molar-refractivity contribution is 6.05. The summed E-state index contributed by atoms with van der Waals surface area (Å²) in [7, 11) is 0. The van der Waals surface area contributed by atoms with Crippen molar-refractivity contribution in [1.82, 2.24) is 35.3 Å². The number of aromatic amines is 1. The van der Waals surface area contributed by atoms with Gasteiger partial charge in [0.25, 0.3) is 5.91 Å². The molecule has 2 aromatic carbocycles. The number of hydrogen-bond donors (Lipinski definition) is 2. The largest absolute Gasteiger partial charge is 0.488 e. The van der Waals surface area contributed by atoms with Crippen LogP contribution in [0.25, 0.3) is 22.3 Å². The maximum absolute atomic E-state index is 16.0. The van der Waals surface area contributed by atoms with Crippen LogP contribution >= 0.6 is 0 Å². The minimum atomic E-state index is -0.761. The molecule has 2 N–H and O–H groups in total. The van der Waals surface area contributed by atoms with Crippen LogP contribution < -0.4 is 19.9 Å². The predicted molar refractivity (Wildman–Crippen MR) is 228 cm³/mol. The van der Waals surface area contributed by atoms with E-state index in [1.807, 2.05) is 18.2 Å². The first-order valence-electron chi connectivity index (χ1n) is 22.3. The third-order valence-corrected chi connectivity index (χ3v) is 14.3. The van der Waals surface area contributed by atoms with Crippen molar-refractivity contribution < 1.29 is 28.2 Å². The predicted octanol–water partition coefficient (Wildman–Crippen LogP) is 6.00. The summed E-state index contributed by atoms with van der Waals surface area (Å²) in [4.78, 5) is 55.1. The van der Waals surface area contributed by atoms with E-state index in [1.165, 1.54) is 4.90 Å². The Morgan fingerprint density at radius 3 is 2.39 bits per heavy atom. The second kappa shape index (κ2) is 15.6. The van der Waals surface area contributed by atoms with E-state index in [0.717, 1.165) is 124 Å². The molecule has 0 bridgehead atoms. The number of halogens is 1. The highest BCUT2D eigenvalue weighted by Gasteiger charge is 2.43. The fraction of sp³-hybridized carbons (Fsp3) is 0.565. The first-order chi connectivity index (χ1) is 29.4. The van der Waals surface area contributed by atoms with Gasteiger partial charge in [-0.3, -0.25) is 29.7 Å². The number of piperidine rings is 4. The van der Waals surface area contributed by atoms with Crippen LogP contribution in [0.5, 0.6) is 5.75 Å². The lowest BCUT2D eigenvalue weighted by molar-refractivity contribution is -0.136. The second-order valence-corrected chi connectivity index (χ2v) is 19.0. The number of anilines is 2. The monoisotopic (exact) mass is 833 g/mol. The zero-order valence-corrected chi connectivity index (χ0v) is 35.4. The summed E-state index contributed by atoms with van der Waals surface area (Å²) in [6.45, 7) is 12.1. The molecule has 0 spiro atoms. The Hall–Kier alpha value is -5.15. The molecule has 1 saturated carbocycles. The molecule has 1 aliphatic carbocycles. The molecule has 4 saturated heterocycles. The Balaban J connectivity index is 0.693. The Bertz CT molecular complexity index is 2350. The second-order valence-electron chi connectivity index (χ2n) is 19.0. The van der Waals surface area contributed by atoms with E-state index in [1.54, 1.807) is 18.5 Å². The number of ether oxygens (including phenoxy) is 2. The lowest BCUT2D eigenvalue weighted by atomic mass is 9.85. The smallest absolute Gasteiger partial charge is 0.255 e. The summed E-state index contributed by atoms with van der Waals surface area (Å²) in [5.41, 5.74) is 3.66. The van der Waals surface area contributed by atoms with Gasteiger partial charge in [-0.25, -0.2) is 14.4 Å². The molecule has 14 nitrogen and oxygen atoms in total. The number of H-pyrrole nitrogens is 1. The Kier molecular flexibility index (Phi) is 10.2. The van der Waals surface area contributed by atoms with Crippen molar-refractivity contribution in [1.29, 1.82) is 0 Å². The molecule has 2 atom stereocenters. The van der Waals surface area contributed by atoms with Crippen LogP contribution in [0.1, 0.15) is 101 Å². The number of carbonyl (C=O) groups is 3. The molecule has 5 fully saturated rings. The van der Waals surface area contributed by atoms with Gasteiger partial charge in [-0.05, 0) is 115 Å². The Morgan fingerprint density at radius 1 is 0.869 bits per heavy atom. The van der Waals surface area contributed by atoms with Gasteiger partial charge in [-0.15, -0.1) is 0 Å². The molecule has 0 radical (unpaired) electrons. The van der Waals surface area contributed by atoms with E-state index in [2.05, 4.69) is 67.0 Å². The van der Waals surface area contributed by atoms with Gasteiger partial charge in [0.1, 0.15) is 35.2 Å². The van der Waals surface area contributed by atoms with Crippen LogP contribution in [-0.2, 0) is 20.9 Å². The van der Waals surface area contributed by atoms with Crippen molar-refractivity contribution >= 4 is 40.1 Å². The van der Waals surface area contributed by atoms with Gasteiger partial charge in [0.2, 0.25) is 11.8 Å². The Labute approximate surface area is 355 Å². The number of rotatable bonds is 10. The first-order valence-corrected chi connectivity index (χ1v) is 22.3. The number of amides is 3. The maximum atomic E-state index is 16.0. The summed E-state index contributed by atoms with van der Waals surface area (Å²) in [5.74, 6) is 0.711. The highest BCUT2D eigenvalue weighted by Crippen LogP contribution is 2.41. The van der Waals surface area contributed by atoms with E-state index >= 15 is 4.39 Å². The molecule has 322 valence electrons. The quantitative estimate of drug-likeness (QED) is 0.182. The van der Waals surface area contributed by atoms with Crippen molar-refractivity contribution in [2.75, 3.05) is 49.1 Å². The first kappa shape index (κ1) is 40.0. The number of hydrogen-bond acceptors (Lipinski definition) is 11. The standard InChI is InChI=1S/C46H56FN9O5/c1-45(2)24-31(60-29-12-19-54(20-13-29)39-23-36(48-27-49-39)42-33-22-30(61-46(3)15-16-46)4-6-35(33)51-52-42)14-21-55(45)25-28-10-17-53(18-11-28)37-7-5-32-34(41(37)47)26-56(44(32)59)38-8-9-40(57)50-43(38)58/h4-7,22-23,27-29,31,38H,8-21,24-26H2,1-3H3,(H,51,52)(H,50,57,58)/t31-,38?/m1/s1. The number of imide groups is 1. The van der Waals surface area contributed by atoms with Gasteiger partial charge in [-0.1, -0.05) is 0 Å². The summed E-state index contributed by atoms with van der Waals surface area (Å²) in [6, 6.07) is 10.8. The van der Waals surface area contributed by atoms with E-state index < -0.39 is 11.9 Å². The van der Waals surface area contributed by atoms with Crippen LogP contribution in [0.4, 0.5) is 15.9 Å². The topological polar surface area (TPSA) is 149 Å². The number of nitrogens with one attached hydrogen (secondary N) is 2. The zero-order chi connectivity index (χ0) is 42.0. The number of nitrogens with zero attached hydrogens (tertiary/aromatic N) is 7. The molecular formula is C46H56FN9O5. The number of benzene rings is 2. The number of aromatic nitrogens is 4. The van der Waals surface area contributed by atoms with Crippen molar-refractivity contribution in [2.45, 2.75) is 121 Å². The molecule has 61 heavy (non-hydrogen) atoms. The highest BCUT2D eigenvalue weighted by atomic mass is 19.1. The average molecular weight is 834 g/mol. The van der Waals surface area contributed by atoms with E-state index in [0.29, 0.717) is 22.7 Å². The molecule has 2 aromatic heterocycles. The molecule has 3 amide bonds. The van der Waals surface area contributed by atoms with Gasteiger partial charge >= 0.3 is 0 Å². The average Bonchev–Trinajstić information content (AvgIpc) is 3.66. The fourth-order valence-corrected chi connectivity index (χ4v) is 10.3. The van der Waals surface area contributed by atoms with E-state index in [-0.39, 0.29) is 60.4 Å². The van der Waals surface area contributed by atoms with E-state index in [9.17, 15) is 14.4 Å². The molecule has 1 unspecified atom stereocenters. The van der Waals surface area contributed by atoms with Crippen molar-refractivity contribution in [2.24, 2.45) is 5.92 Å². The molecule has 7 heterocycles. The van der Waals surface area contributed by atoms with Crippen LogP contribution in [0.15, 0.2) is 42.7 Å². The van der Waals surface area contributed by atoms with Crippen LogP contribution in [0.3, 0.4) is 0 Å². The minimum Gasteiger partial charge on any atom is -0.488 e. The SMILES string of the molecule is CC1(Oc2ccc3[nH]nc(-c4cc(N5CCC(O[C@@H]6CCN(CC7CCN(c8ccc9c(c8F)CN(C8CCC(=O)NC8=O)C9=O)CC7)C(C)(C)C6)CC5)ncn4)c3c2)CC1. The molecule has 4 aromatic rings. The number of fused-ring (bicyclic) bond motifs is 2. The van der Waals surface area contributed by atoms with Gasteiger partial charge < -0.3 is 24.2 Å². The molecule has 6 aliphatic rings. The van der Waals surface area contributed by atoms with Crippen LogP contribution in [-0.4, -0.2) is 116 Å². The lowest BCUT2D eigenvalue weighted by Crippen LogP contribution is -2.54. The van der Waals surface area contributed by atoms with Gasteiger partial charge in [0, 0.05) is 73.8 Å². The van der Waals surface area contributed by atoms with Crippen molar-refractivity contribution in [3.63, 3.8) is 0 Å². The molecule has 5 aliphatic heterocycles. The maximum Gasteiger partial charge on any atom is 0.255 e. The third-order valence-electron chi connectivity index (χ3n) is 14.3. The van der Waals surface area contributed by atoms with Crippen molar-refractivity contribution in [3.8, 4) is 17.1 Å². The van der Waals surface area contributed by atoms with Crippen molar-refractivity contribution in [3.05, 3.63) is 59.7 Å². The van der Waals surface area contributed by atoms with Gasteiger partial charge in [-0.2, -0.15) is 5.10 Å². The van der Waals surface area contributed by atoms with Gasteiger partial charge in [0.05, 0.1) is 35.7 Å². The summed E-state index contributed by atoms with van der Waals surface area (Å²) < 4.78 is 29.1. The summed E-state index contributed by atoms with van der Waals surface area (Å²) in [5, 5.41) is 11.1. The lowest BCUT2D eigenvalue weighted by Gasteiger charge is -2.48. The molecular weight excluding hydrogens is 778 g/mol. The number of carbonyl (C=O) groups excluding carboxylic acids is 3. The Morgan fingerprint density at radius 2 is 1.64 bits per heavy atom. The van der Waals surface area contributed by atoms with Crippen LogP contribution in [0, 0.1) is 11.7 Å². The molecule has 10 rings (SSSR count). The number of likely N-dealkylation sites (tertiary alicyclic amines) is 1.